The molecule has 1 fully saturated rings. The maximum absolute atomic E-state index is 11.8. The quantitative estimate of drug-likeness (QED) is 0.883. The van der Waals surface area contributed by atoms with Gasteiger partial charge in [-0.1, -0.05) is 12.1 Å². The summed E-state index contributed by atoms with van der Waals surface area (Å²) in [5.74, 6) is 1.78. The van der Waals surface area contributed by atoms with Gasteiger partial charge < -0.3 is 9.84 Å². The zero-order valence-electron chi connectivity index (χ0n) is 12.2. The lowest BCUT2D eigenvalue weighted by atomic mass is 10.2. The molecule has 1 aliphatic carbocycles. The second-order valence-electron chi connectivity index (χ2n) is 5.30. The van der Waals surface area contributed by atoms with E-state index in [1.807, 2.05) is 18.7 Å². The number of urea groups is 1. The lowest BCUT2D eigenvalue weighted by Gasteiger charge is -2.05. The van der Waals surface area contributed by atoms with Gasteiger partial charge in [0, 0.05) is 25.5 Å². The van der Waals surface area contributed by atoms with Gasteiger partial charge in [-0.25, -0.2) is 4.79 Å². The molecule has 0 saturated heterocycles. The number of aryl methyl sites for hydroxylation is 2. The molecule has 2 aromatic rings. The van der Waals surface area contributed by atoms with Crippen LogP contribution < -0.4 is 10.6 Å². The van der Waals surface area contributed by atoms with Crippen LogP contribution in [0.1, 0.15) is 42.8 Å². The molecule has 1 aliphatic rings. The summed E-state index contributed by atoms with van der Waals surface area (Å²) in [6.07, 6.45) is 3.18. The van der Waals surface area contributed by atoms with Gasteiger partial charge in [0.2, 0.25) is 0 Å². The molecule has 2 aromatic heterocycles. The Morgan fingerprint density at radius 3 is 2.95 bits per heavy atom. The molecule has 2 amide bonds. The van der Waals surface area contributed by atoms with Crippen LogP contribution in [0.15, 0.2) is 16.7 Å². The molecule has 21 heavy (non-hydrogen) atoms. The SMILES string of the molecule is CCc1cc(NC(=O)NCc2cc(C3CC3)nn2C)no1. The zero-order valence-corrected chi connectivity index (χ0v) is 12.2. The number of anilines is 1. The third kappa shape index (κ3) is 3.24. The summed E-state index contributed by atoms with van der Waals surface area (Å²) in [6.45, 7) is 2.39. The molecule has 0 atom stereocenters. The molecule has 2 heterocycles. The van der Waals surface area contributed by atoms with Crippen molar-refractivity contribution < 1.29 is 9.32 Å². The first-order valence-electron chi connectivity index (χ1n) is 7.19. The first kappa shape index (κ1) is 13.7. The van der Waals surface area contributed by atoms with Crippen LogP contribution in [-0.2, 0) is 20.0 Å². The van der Waals surface area contributed by atoms with Gasteiger partial charge in [-0.2, -0.15) is 5.10 Å². The number of aromatic nitrogens is 3. The first-order valence-corrected chi connectivity index (χ1v) is 7.19. The number of carbonyl (C=O) groups excluding carboxylic acids is 1. The van der Waals surface area contributed by atoms with E-state index in [-0.39, 0.29) is 6.03 Å². The first-order chi connectivity index (χ1) is 10.2. The van der Waals surface area contributed by atoms with Gasteiger partial charge in [-0.3, -0.25) is 10.00 Å². The molecule has 0 aromatic carbocycles. The second kappa shape index (κ2) is 5.59. The summed E-state index contributed by atoms with van der Waals surface area (Å²) >= 11 is 0. The number of nitrogens with zero attached hydrogens (tertiary/aromatic N) is 3. The highest BCUT2D eigenvalue weighted by Crippen LogP contribution is 2.39. The summed E-state index contributed by atoms with van der Waals surface area (Å²) in [4.78, 5) is 11.8. The molecule has 7 heteroatoms. The van der Waals surface area contributed by atoms with Crippen LogP contribution in [-0.4, -0.2) is 21.0 Å². The lowest BCUT2D eigenvalue weighted by Crippen LogP contribution is -2.29. The number of carbonyl (C=O) groups is 1. The normalized spacial score (nSPS) is 14.2. The van der Waals surface area contributed by atoms with E-state index in [4.69, 9.17) is 4.52 Å². The minimum Gasteiger partial charge on any atom is -0.359 e. The Labute approximate surface area is 122 Å². The Bertz CT molecular complexity index is 642. The third-order valence-electron chi connectivity index (χ3n) is 3.57. The molecule has 3 rings (SSSR count). The molecule has 0 spiro atoms. The van der Waals surface area contributed by atoms with Crippen LogP contribution in [0.3, 0.4) is 0 Å². The molecular formula is C14H19N5O2. The highest BCUT2D eigenvalue weighted by molar-refractivity contribution is 5.88. The van der Waals surface area contributed by atoms with Crippen LogP contribution in [0.4, 0.5) is 10.6 Å². The van der Waals surface area contributed by atoms with Crippen molar-refractivity contribution in [2.24, 2.45) is 7.05 Å². The van der Waals surface area contributed by atoms with Gasteiger partial charge in [0.1, 0.15) is 5.76 Å². The highest BCUT2D eigenvalue weighted by Gasteiger charge is 2.26. The van der Waals surface area contributed by atoms with E-state index in [2.05, 4.69) is 27.0 Å². The molecular weight excluding hydrogens is 270 g/mol. The summed E-state index contributed by atoms with van der Waals surface area (Å²) < 4.78 is 6.85. The minimum absolute atomic E-state index is 0.305. The van der Waals surface area contributed by atoms with Crippen LogP contribution in [0.25, 0.3) is 0 Å². The van der Waals surface area contributed by atoms with Crippen molar-refractivity contribution in [3.63, 3.8) is 0 Å². The maximum Gasteiger partial charge on any atom is 0.320 e. The Hall–Kier alpha value is -2.31. The summed E-state index contributed by atoms with van der Waals surface area (Å²) in [5.41, 5.74) is 2.11. The van der Waals surface area contributed by atoms with Gasteiger partial charge >= 0.3 is 6.03 Å². The average Bonchev–Trinajstić information content (AvgIpc) is 3.11. The van der Waals surface area contributed by atoms with Gasteiger partial charge in [0.25, 0.3) is 0 Å². The summed E-state index contributed by atoms with van der Waals surface area (Å²) in [6, 6.07) is 3.47. The number of amides is 2. The number of hydrogen-bond acceptors (Lipinski definition) is 4. The monoisotopic (exact) mass is 289 g/mol. The molecule has 0 aliphatic heterocycles. The average molecular weight is 289 g/mol. The highest BCUT2D eigenvalue weighted by atomic mass is 16.5. The fourth-order valence-corrected chi connectivity index (χ4v) is 2.14. The molecule has 1 saturated carbocycles. The van der Waals surface area contributed by atoms with Crippen LogP contribution >= 0.6 is 0 Å². The summed E-state index contributed by atoms with van der Waals surface area (Å²) in [5, 5.41) is 13.7. The zero-order chi connectivity index (χ0) is 14.8. The maximum atomic E-state index is 11.8. The van der Waals surface area contributed by atoms with Crippen LogP contribution in [0.5, 0.6) is 0 Å². The third-order valence-corrected chi connectivity index (χ3v) is 3.57. The van der Waals surface area contributed by atoms with Gasteiger partial charge in [0.15, 0.2) is 5.82 Å². The van der Waals surface area contributed by atoms with Crippen LogP contribution in [0.2, 0.25) is 0 Å². The van der Waals surface area contributed by atoms with Crippen molar-refractivity contribution in [3.8, 4) is 0 Å². The number of hydrogen-bond donors (Lipinski definition) is 2. The largest absolute Gasteiger partial charge is 0.359 e. The molecule has 0 unspecified atom stereocenters. The van der Waals surface area contributed by atoms with Crippen molar-refractivity contribution >= 4 is 11.8 Å². The van der Waals surface area contributed by atoms with Crippen molar-refractivity contribution in [1.82, 2.24) is 20.3 Å². The lowest BCUT2D eigenvalue weighted by molar-refractivity contribution is 0.251. The summed E-state index contributed by atoms with van der Waals surface area (Å²) in [7, 11) is 1.89. The van der Waals surface area contributed by atoms with Crippen molar-refractivity contribution in [3.05, 3.63) is 29.3 Å². The molecule has 7 nitrogen and oxygen atoms in total. The van der Waals surface area contributed by atoms with Crippen molar-refractivity contribution in [2.45, 2.75) is 38.6 Å². The second-order valence-corrected chi connectivity index (χ2v) is 5.30. The Kier molecular flexibility index (Phi) is 3.64. The Morgan fingerprint density at radius 2 is 2.29 bits per heavy atom. The van der Waals surface area contributed by atoms with Gasteiger partial charge in [0.05, 0.1) is 17.9 Å². The molecule has 0 radical (unpaired) electrons. The fraction of sp³-hybridized carbons (Fsp3) is 0.500. The van der Waals surface area contributed by atoms with Crippen molar-refractivity contribution in [2.75, 3.05) is 5.32 Å². The fourth-order valence-electron chi connectivity index (χ4n) is 2.14. The van der Waals surface area contributed by atoms with Gasteiger partial charge in [-0.05, 0) is 18.9 Å². The van der Waals surface area contributed by atoms with Gasteiger partial charge in [-0.15, -0.1) is 0 Å². The number of nitrogens with one attached hydrogen (secondary N) is 2. The van der Waals surface area contributed by atoms with E-state index in [1.54, 1.807) is 6.07 Å². The van der Waals surface area contributed by atoms with E-state index in [0.717, 1.165) is 23.6 Å². The van der Waals surface area contributed by atoms with Crippen molar-refractivity contribution in [1.29, 1.82) is 0 Å². The standard InChI is InChI=1S/C14H19N5O2/c1-3-11-7-13(18-21-11)16-14(20)15-8-10-6-12(9-4-5-9)17-19(10)2/h6-7,9H,3-5,8H2,1-2H3,(H2,15,16,18,20). The molecule has 2 N–H and O–H groups in total. The molecule has 0 bridgehead atoms. The van der Waals surface area contributed by atoms with E-state index < -0.39 is 0 Å². The van der Waals surface area contributed by atoms with E-state index in [1.165, 1.54) is 12.8 Å². The predicted molar refractivity (Wildman–Crippen MR) is 76.9 cm³/mol. The van der Waals surface area contributed by atoms with E-state index in [0.29, 0.717) is 18.3 Å². The predicted octanol–water partition coefficient (Wildman–Crippen LogP) is 2.17. The minimum atomic E-state index is -0.305. The van der Waals surface area contributed by atoms with E-state index >= 15 is 0 Å². The molecule has 112 valence electrons. The van der Waals surface area contributed by atoms with Crippen LogP contribution in [0, 0.1) is 0 Å². The Morgan fingerprint density at radius 1 is 1.48 bits per heavy atom. The number of rotatable bonds is 5. The Balaban J connectivity index is 1.53. The topological polar surface area (TPSA) is 85.0 Å². The van der Waals surface area contributed by atoms with E-state index in [9.17, 15) is 4.79 Å². The smallest absolute Gasteiger partial charge is 0.320 e.